The Bertz CT molecular complexity index is 87.7. The molecule has 0 amide bonds. The van der Waals surface area contributed by atoms with Gasteiger partial charge >= 0.3 is 0 Å². The molecule has 0 aromatic carbocycles. The molecular formula is C4H8N2O. The van der Waals surface area contributed by atoms with Crippen LogP contribution in [0.2, 0.25) is 0 Å². The van der Waals surface area contributed by atoms with Crippen LogP contribution >= 0.6 is 0 Å². The van der Waals surface area contributed by atoms with E-state index in [1.54, 1.807) is 6.92 Å². The third-order valence-electron chi connectivity index (χ3n) is 0.598. The third-order valence-corrected chi connectivity index (χ3v) is 0.598. The number of hydrogen-bond acceptors (Lipinski definition) is 3. The summed E-state index contributed by atoms with van der Waals surface area (Å²) in [7, 11) is 0. The lowest BCUT2D eigenvalue weighted by molar-refractivity contribution is 1.11. The van der Waals surface area contributed by atoms with Crippen molar-refractivity contribution in [2.45, 2.75) is 6.92 Å². The van der Waals surface area contributed by atoms with E-state index in [-0.39, 0.29) is 6.54 Å². The van der Waals surface area contributed by atoms with Crippen molar-refractivity contribution in [2.75, 3.05) is 6.54 Å². The molecule has 7 heavy (non-hydrogen) atoms. The molecule has 0 bridgehead atoms. The number of nitroso groups, excluding NO2 is 1. The van der Waals surface area contributed by atoms with Crippen molar-refractivity contribution in [1.29, 1.82) is 0 Å². The predicted octanol–water partition coefficient (Wildman–Crippen LogP) is 0.615. The molecule has 0 fully saturated rings. The minimum atomic E-state index is 0.205. The average Bonchev–Trinajstić information content (AvgIpc) is 1.68. The Labute approximate surface area is 42.2 Å². The molecule has 0 aliphatic carbocycles. The first-order valence-corrected chi connectivity index (χ1v) is 1.97. The Morgan fingerprint density at radius 1 is 2.00 bits per heavy atom. The van der Waals surface area contributed by atoms with E-state index in [0.29, 0.717) is 0 Å². The van der Waals surface area contributed by atoms with Crippen LogP contribution in [0.1, 0.15) is 6.92 Å². The quantitative estimate of drug-likeness (QED) is 0.517. The standard InChI is InChI=1S/C4H8N2O/c1-4(2-5)3-6-7/h2H,3,5H2,1H3/b4-2-. The first-order chi connectivity index (χ1) is 3.31. The van der Waals surface area contributed by atoms with Gasteiger partial charge in [-0.15, -0.1) is 0 Å². The van der Waals surface area contributed by atoms with Gasteiger partial charge in [-0.1, -0.05) is 5.18 Å². The summed E-state index contributed by atoms with van der Waals surface area (Å²) in [5.74, 6) is 0. The Kier molecular flexibility index (Phi) is 2.92. The van der Waals surface area contributed by atoms with Crippen LogP contribution in [0, 0.1) is 4.91 Å². The van der Waals surface area contributed by atoms with E-state index in [1.807, 2.05) is 0 Å². The fourth-order valence-corrected chi connectivity index (χ4v) is 0.155. The number of rotatable bonds is 2. The molecule has 40 valence electrons. The summed E-state index contributed by atoms with van der Waals surface area (Å²) in [5.41, 5.74) is 5.80. The molecule has 0 radical (unpaired) electrons. The first kappa shape index (κ1) is 6.14. The van der Waals surface area contributed by atoms with Crippen LogP contribution in [-0.4, -0.2) is 6.54 Å². The van der Waals surface area contributed by atoms with E-state index < -0.39 is 0 Å². The van der Waals surface area contributed by atoms with Crippen LogP contribution < -0.4 is 5.73 Å². The van der Waals surface area contributed by atoms with E-state index in [2.05, 4.69) is 5.18 Å². The highest BCUT2D eigenvalue weighted by Gasteiger charge is 1.81. The number of nitrogens with two attached hydrogens (primary N) is 1. The van der Waals surface area contributed by atoms with Crippen molar-refractivity contribution in [3.8, 4) is 0 Å². The minimum Gasteiger partial charge on any atom is -0.405 e. The van der Waals surface area contributed by atoms with Crippen molar-refractivity contribution >= 4 is 0 Å². The molecule has 3 nitrogen and oxygen atoms in total. The van der Waals surface area contributed by atoms with Crippen molar-refractivity contribution in [3.05, 3.63) is 16.7 Å². The summed E-state index contributed by atoms with van der Waals surface area (Å²) < 4.78 is 0. The second-order valence-electron chi connectivity index (χ2n) is 1.30. The fourth-order valence-electron chi connectivity index (χ4n) is 0.155. The van der Waals surface area contributed by atoms with Crippen LogP contribution in [0.3, 0.4) is 0 Å². The maximum Gasteiger partial charge on any atom is 0.104 e. The Morgan fingerprint density at radius 3 is 2.71 bits per heavy atom. The van der Waals surface area contributed by atoms with Gasteiger partial charge in [0, 0.05) is 0 Å². The average molecular weight is 100 g/mol. The van der Waals surface area contributed by atoms with Gasteiger partial charge in [0.25, 0.3) is 0 Å². The van der Waals surface area contributed by atoms with E-state index in [9.17, 15) is 4.91 Å². The molecule has 0 aromatic rings. The summed E-state index contributed by atoms with van der Waals surface area (Å²) in [6, 6.07) is 0. The molecule has 0 heterocycles. The monoisotopic (exact) mass is 100 g/mol. The van der Waals surface area contributed by atoms with Gasteiger partial charge in [-0.3, -0.25) is 0 Å². The topological polar surface area (TPSA) is 55.4 Å². The van der Waals surface area contributed by atoms with Crippen molar-refractivity contribution in [1.82, 2.24) is 0 Å². The molecule has 0 aromatic heterocycles. The highest BCUT2D eigenvalue weighted by atomic mass is 16.3. The molecule has 0 aliphatic rings. The lowest BCUT2D eigenvalue weighted by Gasteiger charge is -1.83. The maximum absolute atomic E-state index is 9.43. The Morgan fingerprint density at radius 2 is 2.57 bits per heavy atom. The number of nitrogens with zero attached hydrogens (tertiary/aromatic N) is 1. The molecule has 0 rings (SSSR count). The van der Waals surface area contributed by atoms with Crippen LogP contribution in [-0.2, 0) is 0 Å². The molecule has 2 N–H and O–H groups in total. The molecular weight excluding hydrogens is 92.1 g/mol. The highest BCUT2D eigenvalue weighted by Crippen LogP contribution is 1.86. The van der Waals surface area contributed by atoms with Gasteiger partial charge < -0.3 is 5.73 Å². The Hall–Kier alpha value is -0.860. The van der Waals surface area contributed by atoms with Crippen LogP contribution in [0.25, 0.3) is 0 Å². The summed E-state index contributed by atoms with van der Waals surface area (Å²) in [6.07, 6.45) is 1.38. The summed E-state index contributed by atoms with van der Waals surface area (Å²) >= 11 is 0. The molecule has 0 aliphatic heterocycles. The zero-order valence-electron chi connectivity index (χ0n) is 4.22. The second-order valence-corrected chi connectivity index (χ2v) is 1.30. The predicted molar refractivity (Wildman–Crippen MR) is 28.6 cm³/mol. The van der Waals surface area contributed by atoms with Crippen LogP contribution in [0.5, 0.6) is 0 Å². The first-order valence-electron chi connectivity index (χ1n) is 1.97. The molecule has 3 heteroatoms. The molecule has 0 saturated carbocycles. The fraction of sp³-hybridized carbons (Fsp3) is 0.500. The zero-order valence-corrected chi connectivity index (χ0v) is 4.22. The van der Waals surface area contributed by atoms with Crippen molar-refractivity contribution in [2.24, 2.45) is 10.9 Å². The SMILES string of the molecule is C/C(=C/N)CN=O. The molecule has 0 spiro atoms. The molecule has 0 saturated heterocycles. The van der Waals surface area contributed by atoms with E-state index in [4.69, 9.17) is 5.73 Å². The normalized spacial score (nSPS) is 11.3. The van der Waals surface area contributed by atoms with Gasteiger partial charge in [0.1, 0.15) is 6.54 Å². The molecule has 0 atom stereocenters. The Balaban J connectivity index is 3.36. The van der Waals surface area contributed by atoms with Gasteiger partial charge in [0.05, 0.1) is 0 Å². The largest absolute Gasteiger partial charge is 0.405 e. The van der Waals surface area contributed by atoms with E-state index in [0.717, 1.165) is 5.57 Å². The third kappa shape index (κ3) is 2.96. The highest BCUT2D eigenvalue weighted by molar-refractivity contribution is 4.96. The summed E-state index contributed by atoms with van der Waals surface area (Å²) in [4.78, 5) is 9.43. The smallest absolute Gasteiger partial charge is 0.104 e. The van der Waals surface area contributed by atoms with Gasteiger partial charge in [-0.25, -0.2) is 0 Å². The molecule has 0 unspecified atom stereocenters. The van der Waals surface area contributed by atoms with Gasteiger partial charge in [0.15, 0.2) is 0 Å². The van der Waals surface area contributed by atoms with Gasteiger partial charge in [0.2, 0.25) is 0 Å². The number of hydrogen-bond donors (Lipinski definition) is 1. The van der Waals surface area contributed by atoms with Crippen molar-refractivity contribution < 1.29 is 0 Å². The summed E-state index contributed by atoms with van der Waals surface area (Å²) in [5, 5.41) is 2.61. The maximum atomic E-state index is 9.43. The van der Waals surface area contributed by atoms with E-state index in [1.165, 1.54) is 6.20 Å². The zero-order chi connectivity index (χ0) is 5.70. The lowest BCUT2D eigenvalue weighted by atomic mass is 10.3. The minimum absolute atomic E-state index is 0.205. The lowest BCUT2D eigenvalue weighted by Crippen LogP contribution is -1.86. The van der Waals surface area contributed by atoms with Crippen LogP contribution in [0.4, 0.5) is 0 Å². The van der Waals surface area contributed by atoms with Gasteiger partial charge in [-0.05, 0) is 18.7 Å². The van der Waals surface area contributed by atoms with Gasteiger partial charge in [-0.2, -0.15) is 4.91 Å². The second kappa shape index (κ2) is 3.33. The van der Waals surface area contributed by atoms with Crippen molar-refractivity contribution in [3.63, 3.8) is 0 Å². The summed E-state index contributed by atoms with van der Waals surface area (Å²) in [6.45, 7) is 1.96. The van der Waals surface area contributed by atoms with E-state index >= 15 is 0 Å². The van der Waals surface area contributed by atoms with Crippen LogP contribution in [0.15, 0.2) is 16.9 Å².